The molecule has 0 spiro atoms. The lowest BCUT2D eigenvalue weighted by Crippen LogP contribution is -2.49. The Labute approximate surface area is 160 Å². The van der Waals surface area contributed by atoms with Crippen LogP contribution in [0.15, 0.2) is 4.99 Å². The van der Waals surface area contributed by atoms with Gasteiger partial charge in [-0.25, -0.2) is 0 Å². The molecule has 0 amide bonds. The van der Waals surface area contributed by atoms with E-state index in [2.05, 4.69) is 40.9 Å². The number of likely N-dealkylation sites (tertiary alicyclic amines) is 2. The summed E-state index contributed by atoms with van der Waals surface area (Å²) < 4.78 is 0. The molecule has 0 aliphatic carbocycles. The Morgan fingerprint density at radius 3 is 2.57 bits per heavy atom. The van der Waals surface area contributed by atoms with Gasteiger partial charge in [0.2, 0.25) is 0 Å². The van der Waals surface area contributed by atoms with Gasteiger partial charge in [0.25, 0.3) is 0 Å². The molecule has 2 unspecified atom stereocenters. The van der Waals surface area contributed by atoms with Gasteiger partial charge in [0.05, 0.1) is 0 Å². The number of aliphatic imine (C=N–C) groups is 1. The van der Waals surface area contributed by atoms with Crippen molar-refractivity contribution in [3.05, 3.63) is 0 Å². The van der Waals surface area contributed by atoms with Crippen LogP contribution in [0.3, 0.4) is 0 Å². The Balaban J connectivity index is 0.00000264. The lowest BCUT2D eigenvalue weighted by Gasteiger charge is -2.36. The number of rotatable bonds is 4. The highest BCUT2D eigenvalue weighted by molar-refractivity contribution is 14.0. The summed E-state index contributed by atoms with van der Waals surface area (Å²) in [5, 5.41) is 3.65. The van der Waals surface area contributed by atoms with Gasteiger partial charge >= 0.3 is 0 Å². The molecule has 2 aliphatic heterocycles. The molecule has 0 aromatic rings. The van der Waals surface area contributed by atoms with Crippen molar-refractivity contribution in [1.82, 2.24) is 15.1 Å². The first kappa shape index (κ1) is 21.0. The second-order valence-electron chi connectivity index (χ2n) is 7.78. The normalized spacial score (nSPS) is 27.0. The lowest BCUT2D eigenvalue weighted by molar-refractivity contribution is 0.158. The monoisotopic (exact) mass is 436 g/mol. The summed E-state index contributed by atoms with van der Waals surface area (Å²) in [5.41, 5.74) is 0. The third-order valence-corrected chi connectivity index (χ3v) is 4.94. The van der Waals surface area contributed by atoms with E-state index in [-0.39, 0.29) is 24.0 Å². The van der Waals surface area contributed by atoms with Gasteiger partial charge < -0.3 is 15.1 Å². The van der Waals surface area contributed by atoms with Gasteiger partial charge in [-0.2, -0.15) is 0 Å². The molecule has 4 nitrogen and oxygen atoms in total. The predicted octanol–water partition coefficient (Wildman–Crippen LogP) is 3.28. The van der Waals surface area contributed by atoms with Crippen molar-refractivity contribution in [2.75, 3.05) is 46.3 Å². The van der Waals surface area contributed by atoms with E-state index < -0.39 is 0 Å². The average Bonchev–Trinajstić information content (AvgIpc) is 2.48. The van der Waals surface area contributed by atoms with E-state index in [0.29, 0.717) is 0 Å². The van der Waals surface area contributed by atoms with Crippen LogP contribution in [0, 0.1) is 17.8 Å². The fourth-order valence-corrected chi connectivity index (χ4v) is 3.95. The molecule has 2 saturated heterocycles. The summed E-state index contributed by atoms with van der Waals surface area (Å²) in [7, 11) is 1.92. The van der Waals surface area contributed by atoms with E-state index in [9.17, 15) is 0 Å². The summed E-state index contributed by atoms with van der Waals surface area (Å²) in [5.74, 6) is 3.46. The molecule has 0 aromatic heterocycles. The number of halogens is 1. The van der Waals surface area contributed by atoms with Crippen LogP contribution in [-0.2, 0) is 0 Å². The highest BCUT2D eigenvalue weighted by Crippen LogP contribution is 2.18. The molecule has 5 heteroatoms. The molecule has 0 aromatic carbocycles. The summed E-state index contributed by atoms with van der Waals surface area (Å²) in [4.78, 5) is 9.61. The van der Waals surface area contributed by atoms with Crippen LogP contribution in [-0.4, -0.2) is 62.1 Å². The Hall–Kier alpha value is -0.0400. The van der Waals surface area contributed by atoms with Crippen molar-refractivity contribution in [2.24, 2.45) is 22.7 Å². The zero-order chi connectivity index (χ0) is 15.9. The number of nitrogens with zero attached hydrogens (tertiary/aromatic N) is 3. The summed E-state index contributed by atoms with van der Waals surface area (Å²) in [6.07, 6.45) is 5.36. The highest BCUT2D eigenvalue weighted by Gasteiger charge is 2.23. The molecular formula is C18H37IN4. The molecule has 0 bridgehead atoms. The topological polar surface area (TPSA) is 30.9 Å². The van der Waals surface area contributed by atoms with E-state index >= 15 is 0 Å². The van der Waals surface area contributed by atoms with Crippen LogP contribution < -0.4 is 5.32 Å². The molecule has 0 saturated carbocycles. The van der Waals surface area contributed by atoms with Crippen molar-refractivity contribution < 1.29 is 0 Å². The quantitative estimate of drug-likeness (QED) is 0.417. The second kappa shape index (κ2) is 10.7. The lowest BCUT2D eigenvalue weighted by atomic mass is 9.97. The predicted molar refractivity (Wildman–Crippen MR) is 111 cm³/mol. The molecule has 2 fully saturated rings. The molecule has 2 rings (SSSR count). The molecule has 2 aliphatic rings. The smallest absolute Gasteiger partial charge is 0.193 e. The summed E-state index contributed by atoms with van der Waals surface area (Å²) in [6.45, 7) is 14.2. The number of piperidine rings is 2. The van der Waals surface area contributed by atoms with Gasteiger partial charge in [-0.05, 0) is 50.0 Å². The molecule has 23 heavy (non-hydrogen) atoms. The zero-order valence-electron chi connectivity index (χ0n) is 15.6. The molecule has 2 heterocycles. The molecule has 2 atom stereocenters. The second-order valence-corrected chi connectivity index (χ2v) is 7.78. The van der Waals surface area contributed by atoms with E-state index in [1.807, 2.05) is 7.05 Å². The van der Waals surface area contributed by atoms with Crippen molar-refractivity contribution in [2.45, 2.75) is 46.5 Å². The molecule has 1 N–H and O–H groups in total. The minimum absolute atomic E-state index is 0. The van der Waals surface area contributed by atoms with Gasteiger partial charge in [0.15, 0.2) is 5.96 Å². The maximum Gasteiger partial charge on any atom is 0.193 e. The Morgan fingerprint density at radius 1 is 1.17 bits per heavy atom. The average molecular weight is 436 g/mol. The fraction of sp³-hybridized carbons (Fsp3) is 0.944. The van der Waals surface area contributed by atoms with Gasteiger partial charge in [-0.3, -0.25) is 4.99 Å². The molecule has 0 radical (unpaired) electrons. The minimum Gasteiger partial charge on any atom is -0.356 e. The van der Waals surface area contributed by atoms with Crippen molar-refractivity contribution in [3.63, 3.8) is 0 Å². The minimum atomic E-state index is 0. The third kappa shape index (κ3) is 7.16. The number of hydrogen-bond donors (Lipinski definition) is 1. The van der Waals surface area contributed by atoms with E-state index in [1.54, 1.807) is 0 Å². The highest BCUT2D eigenvalue weighted by atomic mass is 127. The number of hydrogen-bond acceptors (Lipinski definition) is 2. The third-order valence-electron chi connectivity index (χ3n) is 4.94. The summed E-state index contributed by atoms with van der Waals surface area (Å²) >= 11 is 0. The zero-order valence-corrected chi connectivity index (χ0v) is 17.9. The van der Waals surface area contributed by atoms with E-state index in [0.717, 1.165) is 43.3 Å². The van der Waals surface area contributed by atoms with Crippen LogP contribution in [0.4, 0.5) is 0 Å². The Bertz CT molecular complexity index is 359. The van der Waals surface area contributed by atoms with Gasteiger partial charge in [0, 0.05) is 39.8 Å². The summed E-state index contributed by atoms with van der Waals surface area (Å²) in [6, 6.07) is 0. The van der Waals surface area contributed by atoms with Crippen LogP contribution in [0.1, 0.15) is 46.5 Å². The van der Waals surface area contributed by atoms with Crippen molar-refractivity contribution in [1.29, 1.82) is 0 Å². The van der Waals surface area contributed by atoms with Crippen LogP contribution in [0.5, 0.6) is 0 Å². The largest absolute Gasteiger partial charge is 0.356 e. The van der Waals surface area contributed by atoms with Crippen molar-refractivity contribution >= 4 is 29.9 Å². The first-order chi connectivity index (χ1) is 10.6. The fourth-order valence-electron chi connectivity index (χ4n) is 3.95. The molecular weight excluding hydrogens is 399 g/mol. The van der Waals surface area contributed by atoms with E-state index in [4.69, 9.17) is 0 Å². The van der Waals surface area contributed by atoms with Gasteiger partial charge in [-0.15, -0.1) is 24.0 Å². The van der Waals surface area contributed by atoms with Gasteiger partial charge in [0.1, 0.15) is 0 Å². The van der Waals surface area contributed by atoms with Crippen molar-refractivity contribution in [3.8, 4) is 0 Å². The molecule has 136 valence electrons. The first-order valence-corrected chi connectivity index (χ1v) is 9.26. The van der Waals surface area contributed by atoms with Crippen LogP contribution in [0.25, 0.3) is 0 Å². The first-order valence-electron chi connectivity index (χ1n) is 9.26. The standard InChI is InChI=1S/C18H36N4.HI/c1-15(2)12-21-9-6-8-17(14-21)11-20-18(19-4)22-10-5-7-16(3)13-22;/h15-17H,5-14H2,1-4H3,(H,19,20);1H. The van der Waals surface area contributed by atoms with E-state index in [1.165, 1.54) is 45.3 Å². The number of nitrogens with one attached hydrogen (secondary N) is 1. The van der Waals surface area contributed by atoms with Crippen LogP contribution >= 0.6 is 24.0 Å². The maximum absolute atomic E-state index is 4.52. The Morgan fingerprint density at radius 2 is 1.91 bits per heavy atom. The van der Waals surface area contributed by atoms with Gasteiger partial charge in [-0.1, -0.05) is 20.8 Å². The number of guanidine groups is 1. The Kier molecular flexibility index (Phi) is 9.82. The van der Waals surface area contributed by atoms with Crippen LogP contribution in [0.2, 0.25) is 0 Å². The SMILES string of the molecule is CN=C(NCC1CCCN(CC(C)C)C1)N1CCCC(C)C1.I. The maximum atomic E-state index is 4.52.